The number of carbonyl (C=O) groups is 1. The zero-order valence-electron chi connectivity index (χ0n) is 19.2. The van der Waals surface area contributed by atoms with E-state index in [9.17, 15) is 9.18 Å². The normalized spacial score (nSPS) is 16.9. The van der Waals surface area contributed by atoms with Crippen molar-refractivity contribution in [1.82, 2.24) is 20.1 Å². The lowest BCUT2D eigenvalue weighted by Crippen LogP contribution is -2.31. The molecule has 180 valence electrons. The molecule has 0 spiro atoms. The molecule has 34 heavy (non-hydrogen) atoms. The summed E-state index contributed by atoms with van der Waals surface area (Å²) in [5.74, 6) is -0.810. The van der Waals surface area contributed by atoms with Crippen LogP contribution < -0.4 is 10.6 Å². The highest BCUT2D eigenvalue weighted by Crippen LogP contribution is 2.31. The van der Waals surface area contributed by atoms with Crippen LogP contribution in [0.5, 0.6) is 0 Å². The maximum atomic E-state index is 14.5. The van der Waals surface area contributed by atoms with Crippen LogP contribution in [0.4, 0.5) is 10.1 Å². The average Bonchev–Trinajstić information content (AvgIpc) is 3.27. The fraction of sp³-hybridized carbons (Fsp3) is 0.417. The van der Waals surface area contributed by atoms with E-state index < -0.39 is 11.9 Å². The molecule has 1 aliphatic carbocycles. The van der Waals surface area contributed by atoms with E-state index in [4.69, 9.17) is 16.8 Å². The Kier molecular flexibility index (Phi) is 7.31. The monoisotopic (exact) mass is 486 g/mol. The number of aryl methyl sites for hydroxylation is 1. The lowest BCUT2D eigenvalue weighted by Gasteiger charge is -2.26. The highest BCUT2D eigenvalue weighted by Gasteiger charge is 2.25. The number of nitrogens with one attached hydrogen (secondary N) is 2. The zero-order chi connectivity index (χ0) is 24.2. The Morgan fingerprint density at radius 1 is 1.32 bits per heavy atom. The summed E-state index contributed by atoms with van der Waals surface area (Å²) in [5, 5.41) is 24.3. The summed E-state index contributed by atoms with van der Waals surface area (Å²) in [4.78, 5) is 17.9. The predicted octanol–water partition coefficient (Wildman–Crippen LogP) is 5.31. The van der Waals surface area contributed by atoms with Gasteiger partial charge in [0.25, 0.3) is 5.91 Å². The van der Waals surface area contributed by atoms with Crippen molar-refractivity contribution in [3.63, 3.8) is 0 Å². The molecule has 1 saturated carbocycles. The molecule has 1 unspecified atom stereocenters. The summed E-state index contributed by atoms with van der Waals surface area (Å²) >= 11 is 5.89. The van der Waals surface area contributed by atoms with Gasteiger partial charge in [-0.3, -0.25) is 4.79 Å². The number of anilines is 1. The van der Waals surface area contributed by atoms with E-state index in [2.05, 4.69) is 25.9 Å². The molecule has 1 atom stereocenters. The summed E-state index contributed by atoms with van der Waals surface area (Å²) in [6, 6.07) is 4.04. The van der Waals surface area contributed by atoms with Gasteiger partial charge < -0.3 is 15.8 Å². The molecule has 1 amide bonds. The minimum atomic E-state index is -0.523. The van der Waals surface area contributed by atoms with E-state index in [1.807, 2.05) is 13.8 Å². The Balaban J connectivity index is 1.66. The first-order valence-electron chi connectivity index (χ1n) is 11.5. The molecule has 1 aromatic carbocycles. The molecule has 0 saturated heterocycles. The van der Waals surface area contributed by atoms with Gasteiger partial charge in [-0.15, -0.1) is 0 Å². The van der Waals surface area contributed by atoms with Gasteiger partial charge >= 0.3 is 0 Å². The van der Waals surface area contributed by atoms with E-state index in [-0.39, 0.29) is 11.9 Å². The predicted molar refractivity (Wildman–Crippen MR) is 130 cm³/mol. The second-order valence-electron chi connectivity index (χ2n) is 8.43. The highest BCUT2D eigenvalue weighted by molar-refractivity contribution is 6.30. The minimum Gasteiger partial charge on any atom is -0.411 e. The van der Waals surface area contributed by atoms with Gasteiger partial charge in [-0.25, -0.2) is 14.1 Å². The zero-order valence-corrected chi connectivity index (χ0v) is 19.9. The molecule has 4 rings (SSSR count). The second kappa shape index (κ2) is 10.4. The quantitative estimate of drug-likeness (QED) is 0.310. The number of nitrogens with zero attached hydrogens (tertiary/aromatic N) is 4. The van der Waals surface area contributed by atoms with E-state index in [0.29, 0.717) is 53.3 Å². The largest absolute Gasteiger partial charge is 0.411 e. The third kappa shape index (κ3) is 4.84. The van der Waals surface area contributed by atoms with Gasteiger partial charge in [0.15, 0.2) is 5.65 Å². The molecular formula is C24H28ClFN6O2. The number of oxime groups is 1. The third-order valence-electron chi connectivity index (χ3n) is 6.31. The van der Waals surface area contributed by atoms with E-state index in [1.165, 1.54) is 6.07 Å². The summed E-state index contributed by atoms with van der Waals surface area (Å²) in [6.07, 6.45) is 6.69. The number of hydrogen-bond acceptors (Lipinski definition) is 6. The Bertz CT molecular complexity index is 1220. The Morgan fingerprint density at radius 3 is 2.74 bits per heavy atom. The molecule has 3 N–H and O–H groups in total. The number of hydrogen-bond donors (Lipinski definition) is 3. The van der Waals surface area contributed by atoms with Gasteiger partial charge in [-0.2, -0.15) is 5.10 Å². The third-order valence-corrected chi connectivity index (χ3v) is 6.55. The number of carbonyl (C=O) groups excluding carboxylic acids is 1. The van der Waals surface area contributed by atoms with Crippen LogP contribution in [0, 0.1) is 5.82 Å². The van der Waals surface area contributed by atoms with E-state index >= 15 is 0 Å². The number of aromatic nitrogens is 3. The minimum absolute atomic E-state index is 0.100. The Labute approximate surface area is 202 Å². The topological polar surface area (TPSA) is 104 Å². The molecule has 8 nitrogen and oxygen atoms in total. The van der Waals surface area contributed by atoms with Gasteiger partial charge in [0.1, 0.15) is 5.82 Å². The molecule has 2 heterocycles. The summed E-state index contributed by atoms with van der Waals surface area (Å²) in [5.41, 5.74) is 2.88. The maximum absolute atomic E-state index is 14.5. The van der Waals surface area contributed by atoms with Crippen LogP contribution in [0.1, 0.15) is 67.9 Å². The number of pyridine rings is 1. The SMILES string of the molecule is CCC(NC(=O)c1cnc2c(cnn2CC)c1NC1CCC(=NO)CC1)c1ccc(Cl)cc1F. The molecule has 2 aromatic heterocycles. The number of rotatable bonds is 7. The second-order valence-corrected chi connectivity index (χ2v) is 8.87. The van der Waals surface area contributed by atoms with Crippen molar-refractivity contribution in [1.29, 1.82) is 0 Å². The van der Waals surface area contributed by atoms with Gasteiger partial charge in [0.2, 0.25) is 0 Å². The smallest absolute Gasteiger partial charge is 0.255 e. The number of fused-ring (bicyclic) bond motifs is 1. The van der Waals surface area contributed by atoms with Gasteiger partial charge in [0, 0.05) is 29.4 Å². The van der Waals surface area contributed by atoms with Crippen molar-refractivity contribution in [3.05, 3.63) is 52.6 Å². The van der Waals surface area contributed by atoms with Gasteiger partial charge in [-0.05, 0) is 51.2 Å². The van der Waals surface area contributed by atoms with Crippen molar-refractivity contribution in [3.8, 4) is 0 Å². The van der Waals surface area contributed by atoms with Gasteiger partial charge in [-0.1, -0.05) is 29.7 Å². The van der Waals surface area contributed by atoms with Gasteiger partial charge in [0.05, 0.1) is 34.6 Å². The van der Waals surface area contributed by atoms with Crippen molar-refractivity contribution in [2.45, 2.75) is 64.6 Å². The van der Waals surface area contributed by atoms with E-state index in [0.717, 1.165) is 23.9 Å². The van der Waals surface area contributed by atoms with Crippen molar-refractivity contribution >= 4 is 39.9 Å². The van der Waals surface area contributed by atoms with Crippen LogP contribution in [0.15, 0.2) is 35.7 Å². The van der Waals surface area contributed by atoms with Crippen LogP contribution in [-0.4, -0.2) is 37.6 Å². The first kappa shape index (κ1) is 23.9. The standard InChI is InChI=1S/C24H28ClFN6O2/c1-3-21(17-10-5-14(25)11-20(17)26)30-24(33)19-12-27-23-18(13-28-32(23)4-2)22(19)29-15-6-8-16(31-34)9-7-15/h5,10-13,15,21,34H,3-4,6-9H2,1-2H3,(H,27,29)(H,30,33). The molecule has 0 bridgehead atoms. The fourth-order valence-corrected chi connectivity index (χ4v) is 4.56. The lowest BCUT2D eigenvalue weighted by molar-refractivity contribution is 0.0935. The summed E-state index contributed by atoms with van der Waals surface area (Å²) in [7, 11) is 0. The number of amides is 1. The Hall–Kier alpha value is -3.20. The van der Waals surface area contributed by atoms with Crippen molar-refractivity contribution in [2.75, 3.05) is 5.32 Å². The van der Waals surface area contributed by atoms with Crippen LogP contribution in [0.2, 0.25) is 5.02 Å². The summed E-state index contributed by atoms with van der Waals surface area (Å²) < 4.78 is 16.3. The number of halogens is 2. The molecule has 0 radical (unpaired) electrons. The molecular weight excluding hydrogens is 459 g/mol. The van der Waals surface area contributed by atoms with Crippen LogP contribution >= 0.6 is 11.6 Å². The highest BCUT2D eigenvalue weighted by atomic mass is 35.5. The van der Waals surface area contributed by atoms with Crippen LogP contribution in [-0.2, 0) is 6.54 Å². The molecule has 0 aliphatic heterocycles. The maximum Gasteiger partial charge on any atom is 0.255 e. The Morgan fingerprint density at radius 2 is 2.09 bits per heavy atom. The van der Waals surface area contributed by atoms with E-state index in [1.54, 1.807) is 29.2 Å². The van der Waals surface area contributed by atoms with Crippen molar-refractivity contribution < 1.29 is 14.4 Å². The van der Waals surface area contributed by atoms with Crippen LogP contribution in [0.25, 0.3) is 11.0 Å². The van der Waals surface area contributed by atoms with Crippen LogP contribution in [0.3, 0.4) is 0 Å². The number of benzene rings is 1. The lowest BCUT2D eigenvalue weighted by atomic mass is 9.93. The molecule has 1 fully saturated rings. The first-order chi connectivity index (χ1) is 16.4. The summed E-state index contributed by atoms with van der Waals surface area (Å²) in [6.45, 7) is 4.51. The fourth-order valence-electron chi connectivity index (χ4n) is 4.41. The molecule has 3 aromatic rings. The first-order valence-corrected chi connectivity index (χ1v) is 11.9. The molecule has 1 aliphatic rings. The van der Waals surface area contributed by atoms with Crippen molar-refractivity contribution in [2.24, 2.45) is 5.16 Å². The molecule has 10 heteroatoms. The average molecular weight is 487 g/mol.